The van der Waals surface area contributed by atoms with Crippen molar-refractivity contribution in [3.05, 3.63) is 52.0 Å². The molecular formula is C15H16BrN3O2. The lowest BCUT2D eigenvalue weighted by atomic mass is 10.1. The smallest absolute Gasteiger partial charge is 0.248 e. The number of ether oxygens (including phenoxy) is 1. The molecule has 0 aromatic heterocycles. The summed E-state index contributed by atoms with van der Waals surface area (Å²) >= 11 is 3.41. The summed E-state index contributed by atoms with van der Waals surface area (Å²) in [4.78, 5) is 11.1. The molecule has 0 fully saturated rings. The summed E-state index contributed by atoms with van der Waals surface area (Å²) in [6.07, 6.45) is 0. The van der Waals surface area contributed by atoms with Crippen molar-refractivity contribution >= 4 is 33.2 Å². The van der Waals surface area contributed by atoms with Gasteiger partial charge in [-0.05, 0) is 51.8 Å². The van der Waals surface area contributed by atoms with Gasteiger partial charge in [-0.1, -0.05) is 6.07 Å². The van der Waals surface area contributed by atoms with E-state index in [0.29, 0.717) is 23.5 Å². The Kier molecular flexibility index (Phi) is 4.70. The zero-order chi connectivity index (χ0) is 15.4. The van der Waals surface area contributed by atoms with Gasteiger partial charge in [0.25, 0.3) is 0 Å². The third kappa shape index (κ3) is 3.66. The Bertz CT molecular complexity index is 674. The molecule has 0 atom stereocenters. The molecule has 0 radical (unpaired) electrons. The second-order valence-electron chi connectivity index (χ2n) is 4.49. The number of nitrogen functional groups attached to an aromatic ring is 1. The van der Waals surface area contributed by atoms with Crippen LogP contribution in [0.3, 0.4) is 0 Å². The lowest BCUT2D eigenvalue weighted by Gasteiger charge is -2.11. The van der Waals surface area contributed by atoms with Gasteiger partial charge in [-0.25, -0.2) is 0 Å². The number of carbonyl (C=O) groups is 1. The highest BCUT2D eigenvalue weighted by Crippen LogP contribution is 2.26. The molecule has 0 unspecified atom stereocenters. The molecule has 6 heteroatoms. The zero-order valence-electron chi connectivity index (χ0n) is 11.5. The number of methoxy groups -OCH3 is 1. The van der Waals surface area contributed by atoms with E-state index in [1.165, 1.54) is 0 Å². The first-order chi connectivity index (χ1) is 10.0. The molecule has 5 N–H and O–H groups in total. The molecule has 110 valence electrons. The number of rotatable bonds is 5. The Balaban J connectivity index is 2.09. The molecule has 0 saturated heterocycles. The summed E-state index contributed by atoms with van der Waals surface area (Å²) in [6.45, 7) is 0.600. The van der Waals surface area contributed by atoms with Crippen molar-refractivity contribution in [1.29, 1.82) is 0 Å². The van der Waals surface area contributed by atoms with E-state index >= 15 is 0 Å². The molecule has 0 aliphatic rings. The van der Waals surface area contributed by atoms with Crippen LogP contribution >= 0.6 is 15.9 Å². The van der Waals surface area contributed by atoms with E-state index in [2.05, 4.69) is 21.2 Å². The molecule has 21 heavy (non-hydrogen) atoms. The fourth-order valence-electron chi connectivity index (χ4n) is 1.90. The number of benzene rings is 2. The second kappa shape index (κ2) is 6.49. The minimum Gasteiger partial charge on any atom is -0.495 e. The summed E-state index contributed by atoms with van der Waals surface area (Å²) in [6, 6.07) is 10.8. The predicted octanol–water partition coefficient (Wildman–Crippen LogP) is 2.75. The second-order valence-corrected chi connectivity index (χ2v) is 5.34. The minimum absolute atomic E-state index is 0.454. The quantitative estimate of drug-likeness (QED) is 0.724. The first kappa shape index (κ1) is 15.2. The van der Waals surface area contributed by atoms with E-state index in [-0.39, 0.29) is 0 Å². The highest BCUT2D eigenvalue weighted by molar-refractivity contribution is 9.10. The topological polar surface area (TPSA) is 90.4 Å². The maximum atomic E-state index is 11.1. The average molecular weight is 350 g/mol. The van der Waals surface area contributed by atoms with Gasteiger partial charge < -0.3 is 21.5 Å². The lowest BCUT2D eigenvalue weighted by Crippen LogP contribution is -2.11. The van der Waals surface area contributed by atoms with E-state index in [0.717, 1.165) is 15.7 Å². The Hall–Kier alpha value is -2.21. The van der Waals surface area contributed by atoms with E-state index in [1.807, 2.05) is 18.2 Å². The molecule has 0 aliphatic heterocycles. The zero-order valence-corrected chi connectivity index (χ0v) is 13.1. The van der Waals surface area contributed by atoms with Gasteiger partial charge in [-0.3, -0.25) is 4.79 Å². The maximum absolute atomic E-state index is 11.1. The number of amides is 1. The summed E-state index contributed by atoms with van der Waals surface area (Å²) in [7, 11) is 1.58. The van der Waals surface area contributed by atoms with Gasteiger partial charge in [0.1, 0.15) is 5.75 Å². The van der Waals surface area contributed by atoms with E-state index in [9.17, 15) is 4.79 Å². The summed E-state index contributed by atoms with van der Waals surface area (Å²) in [5.41, 5.74) is 14.1. The first-order valence-electron chi connectivity index (χ1n) is 6.27. The van der Waals surface area contributed by atoms with E-state index in [1.54, 1.807) is 25.3 Å². The van der Waals surface area contributed by atoms with Crippen LogP contribution in [0, 0.1) is 0 Å². The predicted molar refractivity (Wildman–Crippen MR) is 87.4 cm³/mol. The van der Waals surface area contributed by atoms with Crippen LogP contribution in [0.2, 0.25) is 0 Å². The molecule has 5 nitrogen and oxygen atoms in total. The number of nitrogens with two attached hydrogens (primary N) is 2. The van der Waals surface area contributed by atoms with Crippen LogP contribution in [0.4, 0.5) is 11.4 Å². The monoisotopic (exact) mass is 349 g/mol. The number of hydrogen-bond acceptors (Lipinski definition) is 4. The van der Waals surface area contributed by atoms with Gasteiger partial charge in [-0.2, -0.15) is 0 Å². The van der Waals surface area contributed by atoms with Crippen LogP contribution in [-0.2, 0) is 6.54 Å². The number of primary amides is 1. The summed E-state index contributed by atoms with van der Waals surface area (Å²) in [5, 5.41) is 3.26. The van der Waals surface area contributed by atoms with E-state index < -0.39 is 5.91 Å². The minimum atomic E-state index is -0.454. The largest absolute Gasteiger partial charge is 0.495 e. The fourth-order valence-corrected chi connectivity index (χ4v) is 2.42. The number of nitrogens with one attached hydrogen (secondary N) is 1. The first-order valence-corrected chi connectivity index (χ1v) is 7.06. The van der Waals surface area contributed by atoms with Crippen molar-refractivity contribution in [2.45, 2.75) is 6.54 Å². The normalized spacial score (nSPS) is 10.2. The highest BCUT2D eigenvalue weighted by atomic mass is 79.9. The van der Waals surface area contributed by atoms with Crippen LogP contribution in [0.15, 0.2) is 40.9 Å². The fraction of sp³-hybridized carbons (Fsp3) is 0.133. The molecule has 2 aromatic rings. The van der Waals surface area contributed by atoms with Gasteiger partial charge in [-0.15, -0.1) is 0 Å². The average Bonchev–Trinajstić information content (AvgIpc) is 2.46. The molecule has 2 rings (SSSR count). The number of hydrogen-bond donors (Lipinski definition) is 3. The molecule has 0 spiro atoms. The summed E-state index contributed by atoms with van der Waals surface area (Å²) < 4.78 is 5.90. The van der Waals surface area contributed by atoms with Crippen molar-refractivity contribution in [1.82, 2.24) is 0 Å². The maximum Gasteiger partial charge on any atom is 0.248 e. The van der Waals surface area contributed by atoms with Gasteiger partial charge in [0.2, 0.25) is 5.91 Å². The molecule has 0 bridgehead atoms. The van der Waals surface area contributed by atoms with Crippen LogP contribution in [0.5, 0.6) is 5.75 Å². The standard InChI is InChI=1S/C15H16BrN3O2/c1-21-14-5-2-9(6-12(14)17)8-19-13-4-3-10(15(18)20)7-11(13)16/h2-7,19H,8,17H2,1H3,(H2,18,20). The van der Waals surface area contributed by atoms with Crippen LogP contribution in [0.25, 0.3) is 0 Å². The number of anilines is 2. The SMILES string of the molecule is COc1ccc(CNc2ccc(C(N)=O)cc2Br)cc1N. The third-order valence-electron chi connectivity index (χ3n) is 3.03. The third-order valence-corrected chi connectivity index (χ3v) is 3.69. The van der Waals surface area contributed by atoms with Crippen LogP contribution in [-0.4, -0.2) is 13.0 Å². The molecule has 0 saturated carbocycles. The van der Waals surface area contributed by atoms with Crippen molar-refractivity contribution in [3.63, 3.8) is 0 Å². The van der Waals surface area contributed by atoms with E-state index in [4.69, 9.17) is 16.2 Å². The molecule has 0 heterocycles. The Morgan fingerprint density at radius 2 is 2.05 bits per heavy atom. The lowest BCUT2D eigenvalue weighted by molar-refractivity contribution is 0.100. The van der Waals surface area contributed by atoms with Gasteiger partial charge >= 0.3 is 0 Å². The molecule has 1 amide bonds. The summed E-state index contributed by atoms with van der Waals surface area (Å²) in [5.74, 6) is 0.205. The van der Waals surface area contributed by atoms with Crippen LogP contribution in [0.1, 0.15) is 15.9 Å². The van der Waals surface area contributed by atoms with Gasteiger partial charge in [0, 0.05) is 22.3 Å². The van der Waals surface area contributed by atoms with Gasteiger partial charge in [0.15, 0.2) is 0 Å². The molecule has 2 aromatic carbocycles. The van der Waals surface area contributed by atoms with Crippen molar-refractivity contribution in [3.8, 4) is 5.75 Å². The highest BCUT2D eigenvalue weighted by Gasteiger charge is 2.06. The number of carbonyl (C=O) groups excluding carboxylic acids is 1. The van der Waals surface area contributed by atoms with Crippen molar-refractivity contribution in [2.24, 2.45) is 5.73 Å². The van der Waals surface area contributed by atoms with Crippen LogP contribution < -0.4 is 21.5 Å². The van der Waals surface area contributed by atoms with Crippen molar-refractivity contribution in [2.75, 3.05) is 18.2 Å². The number of halogens is 1. The molecular weight excluding hydrogens is 334 g/mol. The molecule has 0 aliphatic carbocycles. The Morgan fingerprint density at radius 3 is 2.62 bits per heavy atom. The van der Waals surface area contributed by atoms with Gasteiger partial charge in [0.05, 0.1) is 12.8 Å². The van der Waals surface area contributed by atoms with Crippen molar-refractivity contribution < 1.29 is 9.53 Å². The Labute approximate surface area is 131 Å². The Morgan fingerprint density at radius 1 is 1.29 bits per heavy atom.